The van der Waals surface area contributed by atoms with E-state index < -0.39 is 0 Å². The first-order valence-electron chi connectivity index (χ1n) is 11.2. The van der Waals surface area contributed by atoms with Gasteiger partial charge in [-0.1, -0.05) is 24.3 Å². The van der Waals surface area contributed by atoms with Gasteiger partial charge in [-0.2, -0.15) is 0 Å². The van der Waals surface area contributed by atoms with E-state index in [0.29, 0.717) is 18.8 Å². The van der Waals surface area contributed by atoms with Gasteiger partial charge in [0, 0.05) is 43.1 Å². The Kier molecular flexibility index (Phi) is 6.93. The van der Waals surface area contributed by atoms with Crippen molar-refractivity contribution >= 4 is 23.2 Å². The molecule has 0 atom stereocenters. The van der Waals surface area contributed by atoms with Crippen LogP contribution in [0.1, 0.15) is 21.5 Å². The Balaban J connectivity index is 1.25. The van der Waals surface area contributed by atoms with Crippen LogP contribution in [0.3, 0.4) is 0 Å². The highest BCUT2D eigenvalue weighted by molar-refractivity contribution is 5.94. The number of amides is 2. The molecule has 0 bridgehead atoms. The maximum atomic E-state index is 12.6. The van der Waals surface area contributed by atoms with Crippen molar-refractivity contribution in [3.05, 3.63) is 89.5 Å². The van der Waals surface area contributed by atoms with Gasteiger partial charge in [0.15, 0.2) is 6.61 Å². The van der Waals surface area contributed by atoms with Crippen molar-refractivity contribution < 1.29 is 14.3 Å². The summed E-state index contributed by atoms with van der Waals surface area (Å²) in [5.74, 6) is 0.568. The minimum Gasteiger partial charge on any atom is -0.484 e. The van der Waals surface area contributed by atoms with Crippen LogP contribution in [0.25, 0.3) is 0 Å². The van der Waals surface area contributed by atoms with Gasteiger partial charge in [0.05, 0.1) is 0 Å². The molecule has 0 radical (unpaired) electrons. The van der Waals surface area contributed by atoms with E-state index in [1.54, 1.807) is 0 Å². The second-order valence-electron chi connectivity index (χ2n) is 8.28. The molecule has 33 heavy (non-hydrogen) atoms. The van der Waals surface area contributed by atoms with Crippen molar-refractivity contribution in [3.8, 4) is 5.75 Å². The number of carbonyl (C=O) groups is 2. The number of ether oxygens (including phenoxy) is 1. The fourth-order valence-corrected chi connectivity index (χ4v) is 3.84. The van der Waals surface area contributed by atoms with Crippen molar-refractivity contribution in [2.75, 3.05) is 43.0 Å². The summed E-state index contributed by atoms with van der Waals surface area (Å²) < 4.78 is 5.60. The number of nitrogens with one attached hydrogen (secondary N) is 1. The molecule has 1 aliphatic heterocycles. The number of hydrogen-bond donors (Lipinski definition) is 1. The second-order valence-corrected chi connectivity index (χ2v) is 8.28. The Morgan fingerprint density at radius 2 is 1.55 bits per heavy atom. The molecule has 4 rings (SSSR count). The molecule has 1 heterocycles. The topological polar surface area (TPSA) is 61.9 Å². The third-order valence-electron chi connectivity index (χ3n) is 5.95. The number of nitrogens with zero attached hydrogens (tertiary/aromatic N) is 2. The number of carbonyl (C=O) groups excluding carboxylic acids is 2. The zero-order chi connectivity index (χ0) is 23.2. The fourth-order valence-electron chi connectivity index (χ4n) is 3.84. The maximum absolute atomic E-state index is 12.6. The predicted octanol–water partition coefficient (Wildman–Crippen LogP) is 4.28. The first-order chi connectivity index (χ1) is 16.0. The van der Waals surface area contributed by atoms with E-state index in [0.717, 1.165) is 35.6 Å². The Labute approximate surface area is 194 Å². The van der Waals surface area contributed by atoms with E-state index in [2.05, 4.69) is 10.2 Å². The first kappa shape index (κ1) is 22.4. The summed E-state index contributed by atoms with van der Waals surface area (Å²) in [7, 11) is 0. The molecule has 3 aromatic carbocycles. The lowest BCUT2D eigenvalue weighted by Crippen LogP contribution is -2.48. The third-order valence-corrected chi connectivity index (χ3v) is 5.95. The van der Waals surface area contributed by atoms with E-state index in [-0.39, 0.29) is 18.4 Å². The van der Waals surface area contributed by atoms with Gasteiger partial charge in [-0.05, 0) is 73.5 Å². The van der Waals surface area contributed by atoms with Crippen LogP contribution in [0, 0.1) is 13.8 Å². The number of rotatable bonds is 6. The predicted molar refractivity (Wildman–Crippen MR) is 131 cm³/mol. The highest BCUT2D eigenvalue weighted by Gasteiger charge is 2.22. The average Bonchev–Trinajstić information content (AvgIpc) is 2.85. The van der Waals surface area contributed by atoms with Crippen molar-refractivity contribution in [3.63, 3.8) is 0 Å². The zero-order valence-corrected chi connectivity index (χ0v) is 19.1. The molecule has 1 saturated heterocycles. The van der Waals surface area contributed by atoms with Crippen LogP contribution in [0.4, 0.5) is 11.4 Å². The highest BCUT2D eigenvalue weighted by Crippen LogP contribution is 2.21. The summed E-state index contributed by atoms with van der Waals surface area (Å²) in [4.78, 5) is 29.0. The molecular formula is C27H29N3O3. The van der Waals surface area contributed by atoms with Gasteiger partial charge < -0.3 is 19.9 Å². The molecule has 0 aromatic heterocycles. The number of anilines is 2. The summed E-state index contributed by atoms with van der Waals surface area (Å²) in [5.41, 5.74) is 4.86. The molecule has 6 heteroatoms. The van der Waals surface area contributed by atoms with Gasteiger partial charge in [-0.15, -0.1) is 0 Å². The van der Waals surface area contributed by atoms with Gasteiger partial charge in [0.25, 0.3) is 11.8 Å². The van der Waals surface area contributed by atoms with Gasteiger partial charge in [0.1, 0.15) is 5.75 Å². The van der Waals surface area contributed by atoms with Crippen molar-refractivity contribution in [2.24, 2.45) is 0 Å². The van der Waals surface area contributed by atoms with Crippen LogP contribution < -0.4 is 15.0 Å². The summed E-state index contributed by atoms with van der Waals surface area (Å²) >= 11 is 0. The van der Waals surface area contributed by atoms with Gasteiger partial charge in [-0.25, -0.2) is 0 Å². The minimum atomic E-state index is -0.200. The smallest absolute Gasteiger partial charge is 0.262 e. The first-order valence-corrected chi connectivity index (χ1v) is 11.2. The van der Waals surface area contributed by atoms with Crippen LogP contribution in [0.15, 0.2) is 72.8 Å². The SMILES string of the molecule is Cc1ccc(OCC(=O)Nc2ccc(N3CCN(C(=O)c4ccccc4)CC3)cc2)cc1C. The van der Waals surface area contributed by atoms with Crippen LogP contribution in [0.2, 0.25) is 0 Å². The molecule has 2 amide bonds. The molecule has 6 nitrogen and oxygen atoms in total. The fraction of sp³-hybridized carbons (Fsp3) is 0.259. The van der Waals surface area contributed by atoms with Crippen molar-refractivity contribution in [1.82, 2.24) is 4.90 Å². The lowest BCUT2D eigenvalue weighted by atomic mass is 10.1. The number of hydrogen-bond acceptors (Lipinski definition) is 4. The molecule has 0 unspecified atom stereocenters. The van der Waals surface area contributed by atoms with Gasteiger partial charge in [0.2, 0.25) is 0 Å². The summed E-state index contributed by atoms with van der Waals surface area (Å²) in [5, 5.41) is 2.87. The molecule has 1 aliphatic rings. The largest absolute Gasteiger partial charge is 0.484 e. The lowest BCUT2D eigenvalue weighted by Gasteiger charge is -2.36. The number of aryl methyl sites for hydroxylation is 2. The van der Waals surface area contributed by atoms with Crippen molar-refractivity contribution in [2.45, 2.75) is 13.8 Å². The van der Waals surface area contributed by atoms with E-state index in [1.807, 2.05) is 91.5 Å². The second kappa shape index (κ2) is 10.2. The molecule has 0 saturated carbocycles. The van der Waals surface area contributed by atoms with Gasteiger partial charge in [-0.3, -0.25) is 9.59 Å². The molecule has 3 aromatic rings. The molecule has 0 aliphatic carbocycles. The quantitative estimate of drug-likeness (QED) is 0.618. The monoisotopic (exact) mass is 443 g/mol. The van der Waals surface area contributed by atoms with Crippen LogP contribution >= 0.6 is 0 Å². The highest BCUT2D eigenvalue weighted by atomic mass is 16.5. The normalized spacial score (nSPS) is 13.5. The van der Waals surface area contributed by atoms with Crippen molar-refractivity contribution in [1.29, 1.82) is 0 Å². The Morgan fingerprint density at radius 1 is 0.848 bits per heavy atom. The van der Waals surface area contributed by atoms with Crippen LogP contribution in [0.5, 0.6) is 5.75 Å². The molecule has 1 N–H and O–H groups in total. The van der Waals surface area contributed by atoms with Gasteiger partial charge >= 0.3 is 0 Å². The van der Waals surface area contributed by atoms with E-state index in [4.69, 9.17) is 4.74 Å². The zero-order valence-electron chi connectivity index (χ0n) is 19.1. The third kappa shape index (κ3) is 5.71. The molecule has 1 fully saturated rings. The maximum Gasteiger partial charge on any atom is 0.262 e. The lowest BCUT2D eigenvalue weighted by molar-refractivity contribution is -0.118. The summed E-state index contributed by atoms with van der Waals surface area (Å²) in [6.07, 6.45) is 0. The summed E-state index contributed by atoms with van der Waals surface area (Å²) in [6.45, 7) is 6.93. The number of piperazine rings is 1. The Bertz CT molecular complexity index is 1110. The Hall–Kier alpha value is -3.80. The molecule has 0 spiro atoms. The number of benzene rings is 3. The minimum absolute atomic E-state index is 0.0400. The van der Waals surface area contributed by atoms with Crippen LogP contribution in [-0.4, -0.2) is 49.5 Å². The van der Waals surface area contributed by atoms with Crippen LogP contribution in [-0.2, 0) is 4.79 Å². The average molecular weight is 444 g/mol. The molecular weight excluding hydrogens is 414 g/mol. The van der Waals surface area contributed by atoms with E-state index in [9.17, 15) is 9.59 Å². The Morgan fingerprint density at radius 3 is 2.21 bits per heavy atom. The van der Waals surface area contributed by atoms with E-state index in [1.165, 1.54) is 5.56 Å². The summed E-state index contributed by atoms with van der Waals surface area (Å²) in [6, 6.07) is 23.0. The standard InChI is InChI=1S/C27H29N3O3/c1-20-8-13-25(18-21(20)2)33-19-26(31)28-23-9-11-24(12-10-23)29-14-16-30(17-15-29)27(32)22-6-4-3-5-7-22/h3-13,18H,14-17,19H2,1-2H3,(H,28,31). The molecule has 170 valence electrons. The van der Waals surface area contributed by atoms with E-state index >= 15 is 0 Å².